The predicted octanol–water partition coefficient (Wildman–Crippen LogP) is 6.18. The van der Waals surface area contributed by atoms with E-state index in [2.05, 4.69) is 44.3 Å². The molecule has 0 unspecified atom stereocenters. The summed E-state index contributed by atoms with van der Waals surface area (Å²) in [4.78, 5) is 17.5. The number of halogens is 2. The van der Waals surface area contributed by atoms with E-state index in [1.807, 2.05) is 30.3 Å². The van der Waals surface area contributed by atoms with Crippen molar-refractivity contribution in [3.8, 4) is 5.75 Å². The summed E-state index contributed by atoms with van der Waals surface area (Å²) >= 11 is 3.55. The number of fused-ring (bicyclic) bond motifs is 2. The van der Waals surface area contributed by atoms with Crippen LogP contribution in [-0.4, -0.2) is 37.7 Å². The number of benzene rings is 3. The Morgan fingerprint density at radius 3 is 2.56 bits per heavy atom. The first kappa shape index (κ1) is 22.9. The van der Waals surface area contributed by atoms with E-state index in [-0.39, 0.29) is 17.3 Å². The third-order valence-electron chi connectivity index (χ3n) is 6.98. The zero-order valence-corrected chi connectivity index (χ0v) is 20.6. The van der Waals surface area contributed by atoms with Crippen LogP contribution < -0.4 is 15.0 Å². The van der Waals surface area contributed by atoms with Gasteiger partial charge in [-0.1, -0.05) is 28.1 Å². The van der Waals surface area contributed by atoms with Crippen LogP contribution in [-0.2, 0) is 12.0 Å². The van der Waals surface area contributed by atoms with Gasteiger partial charge in [-0.2, -0.15) is 0 Å². The molecule has 0 aromatic heterocycles. The molecule has 2 aliphatic heterocycles. The Kier molecular flexibility index (Phi) is 6.32. The Labute approximate surface area is 207 Å². The van der Waals surface area contributed by atoms with Gasteiger partial charge < -0.3 is 10.1 Å². The van der Waals surface area contributed by atoms with Gasteiger partial charge in [0.05, 0.1) is 7.11 Å². The van der Waals surface area contributed by atoms with Crippen LogP contribution in [0.15, 0.2) is 71.2 Å². The average Bonchev–Trinajstić information content (AvgIpc) is 3.14. The highest BCUT2D eigenvalue weighted by atomic mass is 79.9. The number of nitrogens with zero attached hydrogens (tertiary/aromatic N) is 2. The number of ether oxygens (including phenoxy) is 1. The number of amides is 2. The summed E-state index contributed by atoms with van der Waals surface area (Å²) in [6.07, 6.45) is 1.76. The molecule has 34 heavy (non-hydrogen) atoms. The summed E-state index contributed by atoms with van der Waals surface area (Å²) in [5, 5.41) is 2.98. The SMILES string of the molecule is COc1ccc(NC(=O)N2CC3(CCN(Cc4cccc(Br)c4)CC3)c3cc(F)ccc32)cc1. The minimum absolute atomic E-state index is 0.202. The van der Waals surface area contributed by atoms with E-state index in [1.165, 1.54) is 11.6 Å². The van der Waals surface area contributed by atoms with Gasteiger partial charge in [-0.25, -0.2) is 9.18 Å². The summed E-state index contributed by atoms with van der Waals surface area (Å²) in [5.74, 6) is 0.473. The first-order valence-corrected chi connectivity index (χ1v) is 12.2. The Balaban J connectivity index is 1.33. The molecule has 1 N–H and O–H groups in total. The highest BCUT2D eigenvalue weighted by Crippen LogP contribution is 2.47. The van der Waals surface area contributed by atoms with Crippen LogP contribution in [0.3, 0.4) is 0 Å². The normalized spacial score (nSPS) is 17.0. The lowest BCUT2D eigenvalue weighted by molar-refractivity contribution is 0.160. The number of carbonyl (C=O) groups is 1. The van der Waals surface area contributed by atoms with Crippen molar-refractivity contribution in [3.05, 3.63) is 88.1 Å². The highest BCUT2D eigenvalue weighted by molar-refractivity contribution is 9.10. The first-order chi connectivity index (χ1) is 16.5. The number of carbonyl (C=O) groups excluding carboxylic acids is 1. The maximum Gasteiger partial charge on any atom is 0.326 e. The fourth-order valence-electron chi connectivity index (χ4n) is 5.15. The molecule has 5 rings (SSSR count). The minimum Gasteiger partial charge on any atom is -0.497 e. The van der Waals surface area contributed by atoms with E-state index in [0.29, 0.717) is 12.2 Å². The molecule has 0 saturated carbocycles. The molecule has 0 atom stereocenters. The van der Waals surface area contributed by atoms with Gasteiger partial charge >= 0.3 is 6.03 Å². The smallest absolute Gasteiger partial charge is 0.326 e. The molecule has 176 valence electrons. The van der Waals surface area contributed by atoms with E-state index in [4.69, 9.17) is 4.74 Å². The van der Waals surface area contributed by atoms with Gasteiger partial charge in [-0.05, 0) is 91.7 Å². The monoisotopic (exact) mass is 523 g/mol. The number of hydrogen-bond donors (Lipinski definition) is 1. The van der Waals surface area contributed by atoms with E-state index in [0.717, 1.165) is 53.9 Å². The summed E-state index contributed by atoms with van der Waals surface area (Å²) in [6.45, 7) is 3.23. The Hall–Kier alpha value is -2.90. The molecule has 2 aliphatic rings. The van der Waals surface area contributed by atoms with E-state index >= 15 is 0 Å². The second-order valence-corrected chi connectivity index (χ2v) is 10.0. The van der Waals surface area contributed by atoms with E-state index < -0.39 is 0 Å². The van der Waals surface area contributed by atoms with E-state index in [1.54, 1.807) is 24.1 Å². The molecule has 2 heterocycles. The Morgan fingerprint density at radius 1 is 1.09 bits per heavy atom. The maximum atomic E-state index is 14.3. The number of urea groups is 1. The van der Waals surface area contributed by atoms with Crippen molar-refractivity contribution < 1.29 is 13.9 Å². The van der Waals surface area contributed by atoms with Gasteiger partial charge in [-0.15, -0.1) is 0 Å². The number of methoxy groups -OCH3 is 1. The van der Waals surface area contributed by atoms with Gasteiger partial charge in [0.25, 0.3) is 0 Å². The molecule has 0 aliphatic carbocycles. The van der Waals surface area contributed by atoms with Gasteiger partial charge in [0.2, 0.25) is 0 Å². The molecular weight excluding hydrogens is 497 g/mol. The third-order valence-corrected chi connectivity index (χ3v) is 7.47. The zero-order valence-electron chi connectivity index (χ0n) is 19.1. The fraction of sp³-hybridized carbons (Fsp3) is 0.296. The van der Waals surface area contributed by atoms with E-state index in [9.17, 15) is 9.18 Å². The minimum atomic E-state index is -0.257. The van der Waals surface area contributed by atoms with Crippen molar-refractivity contribution in [2.75, 3.05) is 37.0 Å². The predicted molar refractivity (Wildman–Crippen MR) is 136 cm³/mol. The van der Waals surface area contributed by atoms with Crippen molar-refractivity contribution in [2.45, 2.75) is 24.8 Å². The fourth-order valence-corrected chi connectivity index (χ4v) is 5.59. The highest BCUT2D eigenvalue weighted by Gasteiger charge is 2.46. The molecular formula is C27H27BrFN3O2. The lowest BCUT2D eigenvalue weighted by atomic mass is 9.74. The molecule has 5 nitrogen and oxygen atoms in total. The van der Waals surface area contributed by atoms with Crippen molar-refractivity contribution in [1.29, 1.82) is 0 Å². The molecule has 1 fully saturated rings. The number of likely N-dealkylation sites (tertiary alicyclic amines) is 1. The second-order valence-electron chi connectivity index (χ2n) is 9.09. The molecule has 0 radical (unpaired) electrons. The summed E-state index contributed by atoms with van der Waals surface area (Å²) in [5.41, 5.74) is 3.47. The molecule has 7 heteroatoms. The van der Waals surface area contributed by atoms with Crippen LogP contribution in [0.2, 0.25) is 0 Å². The van der Waals surface area contributed by atoms with Gasteiger partial charge in [-0.3, -0.25) is 9.80 Å². The van der Waals surface area contributed by atoms with Crippen molar-refractivity contribution in [3.63, 3.8) is 0 Å². The number of hydrogen-bond acceptors (Lipinski definition) is 3. The Bertz CT molecular complexity index is 1190. The molecule has 1 spiro atoms. The number of piperidine rings is 1. The maximum absolute atomic E-state index is 14.3. The summed E-state index contributed by atoms with van der Waals surface area (Å²) in [7, 11) is 1.61. The number of nitrogens with one attached hydrogen (secondary N) is 1. The number of rotatable bonds is 4. The van der Waals surface area contributed by atoms with Crippen molar-refractivity contribution in [2.24, 2.45) is 0 Å². The lowest BCUT2D eigenvalue weighted by Crippen LogP contribution is -2.46. The quantitative estimate of drug-likeness (QED) is 0.443. The number of anilines is 2. The molecule has 2 amide bonds. The van der Waals surface area contributed by atoms with Crippen LogP contribution in [0.1, 0.15) is 24.0 Å². The van der Waals surface area contributed by atoms with Crippen molar-refractivity contribution >= 4 is 33.3 Å². The van der Waals surface area contributed by atoms with Crippen LogP contribution in [0.5, 0.6) is 5.75 Å². The molecule has 1 saturated heterocycles. The second kappa shape index (κ2) is 9.39. The van der Waals surface area contributed by atoms with Gasteiger partial charge in [0.15, 0.2) is 0 Å². The van der Waals surface area contributed by atoms with Crippen LogP contribution >= 0.6 is 15.9 Å². The average molecular weight is 524 g/mol. The molecule has 3 aromatic rings. The van der Waals surface area contributed by atoms with Gasteiger partial charge in [0, 0.05) is 34.4 Å². The van der Waals surface area contributed by atoms with Crippen molar-refractivity contribution in [1.82, 2.24) is 4.90 Å². The van der Waals surface area contributed by atoms with Gasteiger partial charge in [0.1, 0.15) is 11.6 Å². The van der Waals surface area contributed by atoms with Crippen LogP contribution in [0, 0.1) is 5.82 Å². The standard InChI is InChI=1S/C27H27BrFN3O2/c1-34-23-8-6-22(7-9-23)30-26(33)32-18-27(24-16-21(29)5-10-25(24)32)11-13-31(14-12-27)17-19-3-2-4-20(28)15-19/h2-10,15-16H,11-14,17-18H2,1H3,(H,30,33). The topological polar surface area (TPSA) is 44.8 Å². The summed E-state index contributed by atoms with van der Waals surface area (Å²) in [6, 6.07) is 20.2. The summed E-state index contributed by atoms with van der Waals surface area (Å²) < 4.78 is 20.6. The molecule has 0 bridgehead atoms. The Morgan fingerprint density at radius 2 is 1.85 bits per heavy atom. The third kappa shape index (κ3) is 4.55. The van der Waals surface area contributed by atoms with Crippen LogP contribution in [0.4, 0.5) is 20.6 Å². The zero-order chi connectivity index (χ0) is 23.7. The van der Waals surface area contributed by atoms with Crippen LogP contribution in [0.25, 0.3) is 0 Å². The first-order valence-electron chi connectivity index (χ1n) is 11.5. The molecule has 3 aromatic carbocycles. The lowest BCUT2D eigenvalue weighted by Gasteiger charge is -2.40. The largest absolute Gasteiger partial charge is 0.497 e.